The fourth-order valence-corrected chi connectivity index (χ4v) is 4.61. The molecule has 2 aromatic heterocycles. The van der Waals surface area contributed by atoms with E-state index in [4.69, 9.17) is 4.74 Å². The number of sulfonamides is 1. The zero-order valence-electron chi connectivity index (χ0n) is 20.2. The number of hydrogen-bond donors (Lipinski definition) is 2. The number of ether oxygens (including phenoxy) is 1. The van der Waals surface area contributed by atoms with Gasteiger partial charge in [-0.2, -0.15) is 8.42 Å². The molecule has 1 amide bonds. The number of carbonyl (C=O) groups is 1. The summed E-state index contributed by atoms with van der Waals surface area (Å²) in [5.74, 6) is -1.12. The molecule has 0 aliphatic carbocycles. The SMILES string of the molecule is COc1cc(-c2cc(F)cc(C(C)C)c2CC(=O)NS(=O)(=O)c2cc(C(C)(C)O)ccn2)ccn1. The molecular formula is C25H28FN3O5S. The summed E-state index contributed by atoms with van der Waals surface area (Å²) in [7, 11) is -2.86. The molecule has 0 bridgehead atoms. The molecule has 0 spiro atoms. The minimum atomic E-state index is -4.32. The molecule has 0 fully saturated rings. The first-order valence-electron chi connectivity index (χ1n) is 10.9. The number of rotatable bonds is 8. The summed E-state index contributed by atoms with van der Waals surface area (Å²) in [6, 6.07) is 8.62. The van der Waals surface area contributed by atoms with Crippen molar-refractivity contribution in [1.29, 1.82) is 0 Å². The molecule has 3 rings (SSSR count). The van der Waals surface area contributed by atoms with E-state index in [1.165, 1.54) is 57.6 Å². The number of amides is 1. The Hall–Kier alpha value is -3.37. The van der Waals surface area contributed by atoms with Crippen molar-refractivity contribution >= 4 is 15.9 Å². The van der Waals surface area contributed by atoms with E-state index in [-0.39, 0.29) is 12.3 Å². The quantitative estimate of drug-likeness (QED) is 0.483. The maximum absolute atomic E-state index is 14.5. The minimum Gasteiger partial charge on any atom is -0.481 e. The summed E-state index contributed by atoms with van der Waals surface area (Å²) < 4.78 is 47.5. The van der Waals surface area contributed by atoms with E-state index in [1.54, 1.807) is 12.1 Å². The monoisotopic (exact) mass is 501 g/mol. The van der Waals surface area contributed by atoms with Crippen molar-refractivity contribution in [3.8, 4) is 17.0 Å². The van der Waals surface area contributed by atoms with Crippen molar-refractivity contribution in [3.63, 3.8) is 0 Å². The summed E-state index contributed by atoms with van der Waals surface area (Å²) in [5.41, 5.74) is 1.10. The average molecular weight is 502 g/mol. The van der Waals surface area contributed by atoms with Gasteiger partial charge in [0.25, 0.3) is 10.0 Å². The van der Waals surface area contributed by atoms with Crippen molar-refractivity contribution in [2.24, 2.45) is 0 Å². The van der Waals surface area contributed by atoms with Gasteiger partial charge in [0.05, 0.1) is 19.1 Å². The highest BCUT2D eigenvalue weighted by Gasteiger charge is 2.25. The van der Waals surface area contributed by atoms with Crippen LogP contribution in [0.4, 0.5) is 4.39 Å². The van der Waals surface area contributed by atoms with E-state index in [9.17, 15) is 22.7 Å². The fourth-order valence-electron chi connectivity index (χ4n) is 3.65. The van der Waals surface area contributed by atoms with Gasteiger partial charge in [0, 0.05) is 18.5 Å². The number of pyridine rings is 2. The van der Waals surface area contributed by atoms with Gasteiger partial charge in [-0.1, -0.05) is 13.8 Å². The zero-order valence-corrected chi connectivity index (χ0v) is 21.0. The molecule has 2 heterocycles. The molecular weight excluding hydrogens is 473 g/mol. The molecule has 8 nitrogen and oxygen atoms in total. The third-order valence-electron chi connectivity index (χ3n) is 5.43. The van der Waals surface area contributed by atoms with Crippen molar-refractivity contribution in [3.05, 3.63) is 71.3 Å². The number of benzene rings is 1. The smallest absolute Gasteiger partial charge is 0.281 e. The summed E-state index contributed by atoms with van der Waals surface area (Å²) in [6.07, 6.45) is 2.43. The highest BCUT2D eigenvalue weighted by Crippen LogP contribution is 2.33. The van der Waals surface area contributed by atoms with E-state index >= 15 is 0 Å². The average Bonchev–Trinajstić information content (AvgIpc) is 2.79. The largest absolute Gasteiger partial charge is 0.481 e. The molecule has 0 radical (unpaired) electrons. The summed E-state index contributed by atoms with van der Waals surface area (Å²) >= 11 is 0. The number of nitrogens with one attached hydrogen (secondary N) is 1. The van der Waals surface area contributed by atoms with Gasteiger partial charge in [-0.15, -0.1) is 0 Å². The lowest BCUT2D eigenvalue weighted by Crippen LogP contribution is -2.33. The lowest BCUT2D eigenvalue weighted by Gasteiger charge is -2.19. The summed E-state index contributed by atoms with van der Waals surface area (Å²) in [6.45, 7) is 6.73. The summed E-state index contributed by atoms with van der Waals surface area (Å²) in [5, 5.41) is 9.79. The van der Waals surface area contributed by atoms with Crippen LogP contribution in [0.5, 0.6) is 5.88 Å². The van der Waals surface area contributed by atoms with Gasteiger partial charge in [-0.3, -0.25) is 4.79 Å². The molecule has 10 heteroatoms. The predicted octanol–water partition coefficient (Wildman–Crippen LogP) is 3.69. The minimum absolute atomic E-state index is 0.141. The first kappa shape index (κ1) is 26.2. The highest BCUT2D eigenvalue weighted by molar-refractivity contribution is 7.90. The molecule has 2 N–H and O–H groups in total. The van der Waals surface area contributed by atoms with Crippen molar-refractivity contribution in [2.75, 3.05) is 7.11 Å². The second-order valence-corrected chi connectivity index (χ2v) is 10.5. The topological polar surface area (TPSA) is 118 Å². The van der Waals surface area contributed by atoms with Crippen LogP contribution in [0.1, 0.15) is 50.3 Å². The van der Waals surface area contributed by atoms with Crippen LogP contribution in [0.2, 0.25) is 0 Å². The van der Waals surface area contributed by atoms with Crippen LogP contribution < -0.4 is 9.46 Å². The van der Waals surface area contributed by atoms with E-state index in [2.05, 4.69) is 9.97 Å². The van der Waals surface area contributed by atoms with Crippen LogP contribution in [0, 0.1) is 5.82 Å². The third-order valence-corrected chi connectivity index (χ3v) is 6.70. The van der Waals surface area contributed by atoms with Gasteiger partial charge >= 0.3 is 0 Å². The van der Waals surface area contributed by atoms with Gasteiger partial charge in [0.15, 0.2) is 5.03 Å². The number of carbonyl (C=O) groups excluding carboxylic acids is 1. The fraction of sp³-hybridized carbons (Fsp3) is 0.320. The number of aromatic nitrogens is 2. The lowest BCUT2D eigenvalue weighted by molar-refractivity contribution is -0.118. The molecule has 0 aliphatic heterocycles. The first-order valence-corrected chi connectivity index (χ1v) is 12.4. The second kappa shape index (κ2) is 10.1. The standard InChI is InChI=1S/C25H28FN3O5S/c1-15(2)19-12-18(26)13-20(16-6-8-27-23(10-16)34-5)21(19)14-22(30)29-35(32,33)24-11-17(7-9-28-24)25(3,4)31/h6-13,15,31H,14H2,1-5H3,(H,29,30). The number of aliphatic hydroxyl groups is 1. The van der Waals surface area contributed by atoms with Gasteiger partial charge in [0.1, 0.15) is 5.82 Å². The second-order valence-electron chi connectivity index (χ2n) is 8.91. The molecule has 0 unspecified atom stereocenters. The molecule has 0 saturated carbocycles. The Labute approximate surface area is 204 Å². The van der Waals surface area contributed by atoms with Crippen LogP contribution >= 0.6 is 0 Å². The highest BCUT2D eigenvalue weighted by atomic mass is 32.2. The Morgan fingerprint density at radius 1 is 1.14 bits per heavy atom. The molecule has 35 heavy (non-hydrogen) atoms. The van der Waals surface area contributed by atoms with Crippen LogP contribution in [0.25, 0.3) is 11.1 Å². The number of nitrogens with zero attached hydrogens (tertiary/aromatic N) is 2. The van der Waals surface area contributed by atoms with Crippen LogP contribution in [-0.2, 0) is 26.8 Å². The van der Waals surface area contributed by atoms with Crippen LogP contribution in [0.3, 0.4) is 0 Å². The van der Waals surface area contributed by atoms with E-state index in [0.29, 0.717) is 33.7 Å². The van der Waals surface area contributed by atoms with Crippen LogP contribution in [-0.4, -0.2) is 36.5 Å². The Bertz CT molecular complexity index is 1350. The summed E-state index contributed by atoms with van der Waals surface area (Å²) in [4.78, 5) is 20.9. The van der Waals surface area contributed by atoms with E-state index in [0.717, 1.165) is 0 Å². The van der Waals surface area contributed by atoms with Crippen LogP contribution in [0.15, 0.2) is 53.8 Å². The molecule has 0 atom stereocenters. The van der Waals surface area contributed by atoms with Crippen molar-refractivity contribution < 1.29 is 27.4 Å². The molecule has 0 saturated heterocycles. The van der Waals surface area contributed by atoms with Gasteiger partial charge < -0.3 is 9.84 Å². The van der Waals surface area contributed by atoms with Crippen molar-refractivity contribution in [2.45, 2.75) is 50.7 Å². The van der Waals surface area contributed by atoms with E-state index in [1.807, 2.05) is 18.6 Å². The first-order chi connectivity index (χ1) is 16.3. The third kappa shape index (κ3) is 6.20. The van der Waals surface area contributed by atoms with Gasteiger partial charge in [0.2, 0.25) is 11.8 Å². The van der Waals surface area contributed by atoms with Gasteiger partial charge in [-0.25, -0.2) is 19.1 Å². The Kier molecular flexibility index (Phi) is 7.56. The number of methoxy groups -OCH3 is 1. The molecule has 0 aliphatic rings. The Morgan fingerprint density at radius 3 is 2.46 bits per heavy atom. The molecule has 3 aromatic rings. The lowest BCUT2D eigenvalue weighted by atomic mass is 9.88. The maximum atomic E-state index is 14.5. The van der Waals surface area contributed by atoms with E-state index < -0.39 is 32.4 Å². The van der Waals surface area contributed by atoms with Gasteiger partial charge in [-0.05, 0) is 77.9 Å². The predicted molar refractivity (Wildman–Crippen MR) is 129 cm³/mol. The molecule has 1 aromatic carbocycles. The van der Waals surface area contributed by atoms with Crippen molar-refractivity contribution in [1.82, 2.24) is 14.7 Å². The Morgan fingerprint density at radius 2 is 1.83 bits per heavy atom. The Balaban J connectivity index is 1.99. The number of halogens is 1. The zero-order chi connectivity index (χ0) is 26.0. The normalized spacial score (nSPS) is 12.0. The maximum Gasteiger partial charge on any atom is 0.281 e. The number of hydrogen-bond acceptors (Lipinski definition) is 7. The molecule has 186 valence electrons.